The van der Waals surface area contributed by atoms with Crippen LogP contribution in [0.4, 0.5) is 10.6 Å². The van der Waals surface area contributed by atoms with Gasteiger partial charge in [-0.05, 0) is 57.0 Å². The van der Waals surface area contributed by atoms with Gasteiger partial charge in [0.1, 0.15) is 24.1 Å². The summed E-state index contributed by atoms with van der Waals surface area (Å²) in [5, 5.41) is 6.35. The number of benzene rings is 1. The minimum Gasteiger partial charge on any atom is -0.444 e. The zero-order valence-corrected chi connectivity index (χ0v) is 33.9. The Labute approximate surface area is 303 Å². The zero-order chi connectivity index (χ0) is 36.3. The standard InChI is InChI=1S/C37H53ClN6O4Si2/c1-37(2,3)48-36(45)42-16-14-27(15-17-42)33-32(38)35(43(25-46-18-20-49(4,5)6)26-47-19-21-50(7,8)9)44-34(41-33)30(24-40-44)29-22-28-12-10-11-13-31(28)39-23-29/h10-14,22-24H,15-21,25-26H2,1-9H3. The van der Waals surface area contributed by atoms with Gasteiger partial charge in [0.2, 0.25) is 0 Å². The minimum atomic E-state index is -1.30. The zero-order valence-electron chi connectivity index (χ0n) is 31.2. The molecule has 1 aliphatic rings. The highest BCUT2D eigenvalue weighted by Crippen LogP contribution is 2.38. The van der Waals surface area contributed by atoms with Crippen molar-refractivity contribution < 1.29 is 19.0 Å². The van der Waals surface area contributed by atoms with Crippen molar-refractivity contribution in [3.05, 3.63) is 59.5 Å². The Morgan fingerprint density at radius 2 is 1.64 bits per heavy atom. The molecule has 0 fully saturated rings. The van der Waals surface area contributed by atoms with Gasteiger partial charge in [-0.1, -0.05) is 75.2 Å². The average Bonchev–Trinajstić information content (AvgIpc) is 3.45. The fourth-order valence-electron chi connectivity index (χ4n) is 5.51. The predicted octanol–water partition coefficient (Wildman–Crippen LogP) is 9.05. The van der Waals surface area contributed by atoms with Crippen LogP contribution in [0.5, 0.6) is 0 Å². The number of aromatic nitrogens is 4. The number of anilines is 1. The summed E-state index contributed by atoms with van der Waals surface area (Å²) < 4.78 is 20.1. The van der Waals surface area contributed by atoms with Crippen LogP contribution in [0, 0.1) is 0 Å². The van der Waals surface area contributed by atoms with Gasteiger partial charge in [0.25, 0.3) is 0 Å². The normalized spacial score (nSPS) is 14.4. The molecule has 0 bridgehead atoms. The first-order valence-corrected chi connectivity index (χ1v) is 25.3. The van der Waals surface area contributed by atoms with Crippen LogP contribution < -0.4 is 4.90 Å². The van der Waals surface area contributed by atoms with Crippen molar-refractivity contribution in [2.75, 3.05) is 44.7 Å². The van der Waals surface area contributed by atoms with E-state index in [1.807, 2.05) is 62.3 Å². The highest BCUT2D eigenvalue weighted by molar-refractivity contribution is 6.76. The van der Waals surface area contributed by atoms with E-state index < -0.39 is 21.7 Å². The molecule has 0 atom stereocenters. The van der Waals surface area contributed by atoms with Gasteiger partial charge in [-0.3, -0.25) is 4.98 Å². The van der Waals surface area contributed by atoms with Crippen LogP contribution in [0.3, 0.4) is 0 Å². The molecule has 13 heteroatoms. The molecular weight excluding hydrogens is 684 g/mol. The van der Waals surface area contributed by atoms with Gasteiger partial charge in [-0.15, -0.1) is 0 Å². The number of pyridine rings is 1. The van der Waals surface area contributed by atoms with E-state index in [0.717, 1.165) is 39.7 Å². The number of para-hydroxylation sites is 1. The molecule has 0 saturated carbocycles. The Morgan fingerprint density at radius 3 is 2.24 bits per heavy atom. The Kier molecular flexibility index (Phi) is 11.8. The second-order valence-corrected chi connectivity index (χ2v) is 28.1. The van der Waals surface area contributed by atoms with Crippen molar-refractivity contribution >= 4 is 61.8 Å². The van der Waals surface area contributed by atoms with Crippen molar-refractivity contribution in [3.8, 4) is 11.1 Å². The topological polar surface area (TPSA) is 94.3 Å². The van der Waals surface area contributed by atoms with Gasteiger partial charge in [0.15, 0.2) is 11.5 Å². The SMILES string of the molecule is CC(C)(C)OC(=O)N1CC=C(c2nc3c(-c4cnc5ccccc5c4)cnn3c(N(COCC[Si](C)(C)C)COCC[Si](C)(C)C)c2Cl)CC1. The number of amides is 1. The number of halogens is 1. The number of carbonyl (C=O) groups is 1. The van der Waals surface area contributed by atoms with Crippen molar-refractivity contribution in [2.24, 2.45) is 0 Å². The monoisotopic (exact) mass is 736 g/mol. The molecule has 1 amide bonds. The molecule has 5 rings (SSSR count). The maximum absolute atomic E-state index is 12.9. The largest absolute Gasteiger partial charge is 0.444 e. The second kappa shape index (κ2) is 15.5. The molecule has 4 aromatic rings. The Hall–Kier alpha value is -3.30. The number of ether oxygens (including phenoxy) is 3. The molecule has 1 aromatic carbocycles. The van der Waals surface area contributed by atoms with E-state index in [1.54, 1.807) is 9.42 Å². The molecule has 0 saturated heterocycles. The van der Waals surface area contributed by atoms with Gasteiger partial charge in [-0.2, -0.15) is 9.61 Å². The molecule has 0 unspecified atom stereocenters. The summed E-state index contributed by atoms with van der Waals surface area (Å²) in [6.07, 6.45) is 5.95. The second-order valence-electron chi connectivity index (χ2n) is 16.4. The first-order valence-electron chi connectivity index (χ1n) is 17.5. The van der Waals surface area contributed by atoms with Gasteiger partial charge in [-0.25, -0.2) is 9.78 Å². The molecule has 0 radical (unpaired) electrons. The van der Waals surface area contributed by atoms with Crippen molar-refractivity contribution in [1.29, 1.82) is 0 Å². The summed E-state index contributed by atoms with van der Waals surface area (Å²) in [5.74, 6) is 0.656. The fourth-order valence-corrected chi connectivity index (χ4v) is 7.38. The number of fused-ring (bicyclic) bond motifs is 2. The third-order valence-electron chi connectivity index (χ3n) is 8.42. The predicted molar refractivity (Wildman–Crippen MR) is 210 cm³/mol. The lowest BCUT2D eigenvalue weighted by Gasteiger charge is -2.30. The van der Waals surface area contributed by atoms with Gasteiger partial charge in [0.05, 0.1) is 17.4 Å². The quantitative estimate of drug-likeness (QED) is 0.0763. The summed E-state index contributed by atoms with van der Waals surface area (Å²) >= 11 is 7.39. The van der Waals surface area contributed by atoms with E-state index in [4.69, 9.17) is 40.9 Å². The Bertz CT molecular complexity index is 1820. The molecule has 0 aliphatic carbocycles. The maximum Gasteiger partial charge on any atom is 0.410 e. The molecular formula is C37H53ClN6O4Si2. The van der Waals surface area contributed by atoms with Crippen molar-refractivity contribution in [3.63, 3.8) is 0 Å². The molecule has 270 valence electrons. The summed E-state index contributed by atoms with van der Waals surface area (Å²) in [4.78, 5) is 26.5. The van der Waals surface area contributed by atoms with Crippen LogP contribution in [0.15, 0.2) is 48.8 Å². The van der Waals surface area contributed by atoms with Crippen molar-refractivity contribution in [2.45, 2.75) is 84.2 Å². The first kappa shape index (κ1) is 37.9. The van der Waals surface area contributed by atoms with Crippen LogP contribution in [0.25, 0.3) is 33.3 Å². The lowest BCUT2D eigenvalue weighted by Crippen LogP contribution is -2.39. The first-order chi connectivity index (χ1) is 23.5. The summed E-state index contributed by atoms with van der Waals surface area (Å²) in [5.41, 5.74) is 4.37. The number of nitrogens with zero attached hydrogens (tertiary/aromatic N) is 6. The van der Waals surface area contributed by atoms with Gasteiger partial charge >= 0.3 is 6.09 Å². The third kappa shape index (κ3) is 9.94. The fraction of sp³-hybridized carbons (Fsp3) is 0.514. The summed E-state index contributed by atoms with van der Waals surface area (Å²) in [6, 6.07) is 12.3. The van der Waals surface area contributed by atoms with Crippen LogP contribution in [0.2, 0.25) is 56.4 Å². The molecule has 0 N–H and O–H groups in total. The van der Waals surface area contributed by atoms with Crippen LogP contribution in [-0.4, -0.2) is 92.1 Å². The molecule has 0 spiro atoms. The highest BCUT2D eigenvalue weighted by atomic mass is 35.5. The maximum atomic E-state index is 12.9. The van der Waals surface area contributed by atoms with Crippen LogP contribution >= 0.6 is 11.6 Å². The summed E-state index contributed by atoms with van der Waals surface area (Å²) in [7, 11) is -2.60. The number of rotatable bonds is 13. The molecule has 4 heterocycles. The van der Waals surface area contributed by atoms with E-state index in [0.29, 0.717) is 54.9 Å². The Morgan fingerprint density at radius 1 is 0.980 bits per heavy atom. The van der Waals surface area contributed by atoms with E-state index in [1.165, 1.54) is 0 Å². The van der Waals surface area contributed by atoms with E-state index in [2.05, 4.69) is 51.4 Å². The molecule has 3 aromatic heterocycles. The molecule has 1 aliphatic heterocycles. The van der Waals surface area contributed by atoms with Crippen LogP contribution in [0.1, 0.15) is 32.9 Å². The Balaban J connectivity index is 1.58. The molecule has 10 nitrogen and oxygen atoms in total. The number of hydrogen-bond donors (Lipinski definition) is 0. The minimum absolute atomic E-state index is 0.286. The lowest BCUT2D eigenvalue weighted by molar-refractivity contribution is 0.0270. The number of carbonyl (C=O) groups excluding carboxylic acids is 1. The highest BCUT2D eigenvalue weighted by Gasteiger charge is 2.29. The summed E-state index contributed by atoms with van der Waals surface area (Å²) in [6.45, 7) is 22.5. The number of hydrogen-bond acceptors (Lipinski definition) is 8. The van der Waals surface area contributed by atoms with E-state index in [9.17, 15) is 4.79 Å². The third-order valence-corrected chi connectivity index (χ3v) is 12.2. The lowest BCUT2D eigenvalue weighted by atomic mass is 10.0. The van der Waals surface area contributed by atoms with Gasteiger partial charge in [0, 0.05) is 65.2 Å². The average molecular weight is 737 g/mol. The van der Waals surface area contributed by atoms with Crippen molar-refractivity contribution in [1.82, 2.24) is 24.5 Å². The van der Waals surface area contributed by atoms with E-state index in [-0.39, 0.29) is 19.6 Å². The smallest absolute Gasteiger partial charge is 0.410 e. The molecule has 50 heavy (non-hydrogen) atoms. The van der Waals surface area contributed by atoms with E-state index >= 15 is 0 Å². The van der Waals surface area contributed by atoms with Gasteiger partial charge < -0.3 is 24.0 Å². The van der Waals surface area contributed by atoms with Crippen LogP contribution in [-0.2, 0) is 14.2 Å².